The summed E-state index contributed by atoms with van der Waals surface area (Å²) in [5, 5.41) is 1.22. The lowest BCUT2D eigenvalue weighted by Gasteiger charge is -2.13. The molecule has 2 aromatic heterocycles. The van der Waals surface area contributed by atoms with Gasteiger partial charge in [0.25, 0.3) is 5.91 Å². The minimum absolute atomic E-state index is 0.156. The van der Waals surface area contributed by atoms with Crippen molar-refractivity contribution in [2.45, 2.75) is 6.92 Å². The summed E-state index contributed by atoms with van der Waals surface area (Å²) in [6, 6.07) is 7.71. The number of carbonyl (C=O) groups excluding carboxylic acids is 1. The van der Waals surface area contributed by atoms with Crippen LogP contribution in [0.1, 0.15) is 16.1 Å². The van der Waals surface area contributed by atoms with Crippen LogP contribution in [0.2, 0.25) is 0 Å². The molecule has 0 atom stereocenters. The summed E-state index contributed by atoms with van der Waals surface area (Å²) in [6.07, 6.45) is 1.87. The lowest BCUT2D eigenvalue weighted by molar-refractivity contribution is -0.0761. The topological polar surface area (TPSA) is 34.0 Å². The van der Waals surface area contributed by atoms with Gasteiger partial charge in [-0.2, -0.15) is 0 Å². The molecule has 0 unspecified atom stereocenters. The Morgan fingerprint density at radius 1 is 1.44 bits per heavy atom. The minimum atomic E-state index is -0.156. The van der Waals surface area contributed by atoms with Gasteiger partial charge in [-0.15, -0.1) is 0 Å². The Hall–Kier alpha value is -1.81. The maximum atomic E-state index is 12.0. The Labute approximate surface area is 94.0 Å². The van der Waals surface area contributed by atoms with Gasteiger partial charge in [-0.1, -0.05) is 6.07 Å². The molecule has 4 nitrogen and oxygen atoms in total. The van der Waals surface area contributed by atoms with E-state index in [4.69, 9.17) is 4.84 Å². The van der Waals surface area contributed by atoms with Gasteiger partial charge in [-0.25, -0.2) is 5.06 Å². The number of aryl methyl sites for hydroxylation is 1. The molecule has 2 aromatic rings. The first-order chi connectivity index (χ1) is 7.65. The molecule has 0 aromatic carbocycles. The normalized spacial score (nSPS) is 10.7. The summed E-state index contributed by atoms with van der Waals surface area (Å²) >= 11 is 0. The largest absolute Gasteiger partial charge is 0.312 e. The van der Waals surface area contributed by atoms with E-state index in [1.807, 2.05) is 41.8 Å². The van der Waals surface area contributed by atoms with Gasteiger partial charge in [0.15, 0.2) is 0 Å². The third-order valence-electron chi connectivity index (χ3n) is 2.66. The number of nitrogens with zero attached hydrogens (tertiary/aromatic N) is 2. The van der Waals surface area contributed by atoms with E-state index < -0.39 is 0 Å². The predicted molar refractivity (Wildman–Crippen MR) is 61.2 cm³/mol. The van der Waals surface area contributed by atoms with Crippen molar-refractivity contribution in [1.29, 1.82) is 0 Å². The first-order valence-electron chi connectivity index (χ1n) is 5.04. The second-order valence-electron chi connectivity index (χ2n) is 3.65. The standard InChI is InChI=1S/C12H14N2O2/c1-9-8-11(12(15)13(2)16-3)14-7-5-4-6-10(9)14/h4-8H,1-3H3. The van der Waals surface area contributed by atoms with Gasteiger partial charge in [0, 0.05) is 18.8 Å². The van der Waals surface area contributed by atoms with Crippen molar-refractivity contribution in [3.8, 4) is 0 Å². The smallest absolute Gasteiger partial charge is 0.294 e. The summed E-state index contributed by atoms with van der Waals surface area (Å²) in [4.78, 5) is 16.9. The molecule has 0 saturated carbocycles. The van der Waals surface area contributed by atoms with E-state index in [0.29, 0.717) is 5.69 Å². The fraction of sp³-hybridized carbons (Fsp3) is 0.250. The molecule has 2 heterocycles. The average Bonchev–Trinajstić information content (AvgIpc) is 2.65. The van der Waals surface area contributed by atoms with E-state index in [0.717, 1.165) is 11.1 Å². The molecule has 0 saturated heterocycles. The van der Waals surface area contributed by atoms with E-state index in [2.05, 4.69) is 0 Å². The number of carbonyl (C=O) groups is 1. The number of aromatic nitrogens is 1. The number of pyridine rings is 1. The molecular formula is C12H14N2O2. The second-order valence-corrected chi connectivity index (χ2v) is 3.65. The number of amides is 1. The number of hydrogen-bond acceptors (Lipinski definition) is 2. The zero-order chi connectivity index (χ0) is 11.7. The molecule has 84 valence electrons. The number of hydroxylamine groups is 2. The molecule has 0 radical (unpaired) electrons. The highest BCUT2D eigenvalue weighted by Gasteiger charge is 2.16. The minimum Gasteiger partial charge on any atom is -0.312 e. The van der Waals surface area contributed by atoms with Gasteiger partial charge >= 0.3 is 0 Å². The summed E-state index contributed by atoms with van der Waals surface area (Å²) in [6.45, 7) is 1.99. The quantitative estimate of drug-likeness (QED) is 0.721. The van der Waals surface area contributed by atoms with Gasteiger partial charge in [-0.3, -0.25) is 9.63 Å². The average molecular weight is 218 g/mol. The van der Waals surface area contributed by atoms with Gasteiger partial charge in [-0.05, 0) is 30.7 Å². The molecule has 0 aliphatic rings. The van der Waals surface area contributed by atoms with E-state index >= 15 is 0 Å². The molecule has 4 heteroatoms. The zero-order valence-electron chi connectivity index (χ0n) is 9.60. The Morgan fingerprint density at radius 2 is 2.19 bits per heavy atom. The highest BCUT2D eigenvalue weighted by molar-refractivity contribution is 5.93. The summed E-state index contributed by atoms with van der Waals surface area (Å²) < 4.78 is 1.87. The zero-order valence-corrected chi connectivity index (χ0v) is 9.60. The molecule has 2 rings (SSSR count). The molecule has 0 fully saturated rings. The van der Waals surface area contributed by atoms with Crippen LogP contribution in [-0.2, 0) is 4.84 Å². The van der Waals surface area contributed by atoms with Gasteiger partial charge < -0.3 is 4.40 Å². The van der Waals surface area contributed by atoms with E-state index in [-0.39, 0.29) is 5.91 Å². The van der Waals surface area contributed by atoms with E-state index in [1.54, 1.807) is 7.05 Å². The number of rotatable bonds is 2. The van der Waals surface area contributed by atoms with E-state index in [9.17, 15) is 4.79 Å². The van der Waals surface area contributed by atoms with Crippen molar-refractivity contribution >= 4 is 11.4 Å². The second kappa shape index (κ2) is 3.98. The van der Waals surface area contributed by atoms with Crippen molar-refractivity contribution in [1.82, 2.24) is 9.46 Å². The SMILES string of the molecule is CON(C)C(=O)c1cc(C)c2ccccn12. The van der Waals surface area contributed by atoms with Crippen molar-refractivity contribution < 1.29 is 9.63 Å². The Bertz CT molecular complexity index is 531. The number of fused-ring (bicyclic) bond motifs is 1. The fourth-order valence-electron chi connectivity index (χ4n) is 1.73. The monoisotopic (exact) mass is 218 g/mol. The van der Waals surface area contributed by atoms with Crippen molar-refractivity contribution in [3.63, 3.8) is 0 Å². The molecule has 0 bridgehead atoms. The lowest BCUT2D eigenvalue weighted by atomic mass is 10.3. The Balaban J connectivity index is 2.57. The van der Waals surface area contributed by atoms with Crippen LogP contribution in [0.3, 0.4) is 0 Å². The van der Waals surface area contributed by atoms with Crippen molar-refractivity contribution in [2.75, 3.05) is 14.2 Å². The highest BCUT2D eigenvalue weighted by Crippen LogP contribution is 2.17. The highest BCUT2D eigenvalue weighted by atomic mass is 16.7. The molecule has 0 spiro atoms. The third-order valence-corrected chi connectivity index (χ3v) is 2.66. The summed E-state index contributed by atoms with van der Waals surface area (Å²) in [5.74, 6) is -0.156. The first kappa shape index (κ1) is 10.7. The molecular weight excluding hydrogens is 204 g/mol. The van der Waals surface area contributed by atoms with Crippen molar-refractivity contribution in [2.24, 2.45) is 0 Å². The lowest BCUT2D eigenvalue weighted by Crippen LogP contribution is -2.26. The summed E-state index contributed by atoms with van der Waals surface area (Å²) in [7, 11) is 3.07. The van der Waals surface area contributed by atoms with Crippen LogP contribution in [0.15, 0.2) is 30.5 Å². The van der Waals surface area contributed by atoms with Crippen LogP contribution >= 0.6 is 0 Å². The molecule has 0 N–H and O–H groups in total. The molecule has 1 amide bonds. The van der Waals surface area contributed by atoms with Crippen molar-refractivity contribution in [3.05, 3.63) is 41.7 Å². The van der Waals surface area contributed by atoms with Crippen LogP contribution in [-0.4, -0.2) is 29.5 Å². The van der Waals surface area contributed by atoms with Crippen LogP contribution in [0.5, 0.6) is 0 Å². The van der Waals surface area contributed by atoms with Crippen LogP contribution in [0.4, 0.5) is 0 Å². The fourth-order valence-corrected chi connectivity index (χ4v) is 1.73. The van der Waals surface area contributed by atoms with E-state index in [1.165, 1.54) is 12.2 Å². The van der Waals surface area contributed by atoms with Crippen LogP contribution in [0, 0.1) is 6.92 Å². The maximum Gasteiger partial charge on any atom is 0.294 e. The van der Waals surface area contributed by atoms with Crippen LogP contribution in [0.25, 0.3) is 5.52 Å². The summed E-state index contributed by atoms with van der Waals surface area (Å²) in [5.41, 5.74) is 2.72. The first-order valence-corrected chi connectivity index (χ1v) is 5.04. The molecule has 0 aliphatic heterocycles. The molecule has 16 heavy (non-hydrogen) atoms. The van der Waals surface area contributed by atoms with Gasteiger partial charge in [0.1, 0.15) is 5.69 Å². The Morgan fingerprint density at radius 3 is 2.88 bits per heavy atom. The maximum absolute atomic E-state index is 12.0. The third kappa shape index (κ3) is 1.57. The Kier molecular flexibility index (Phi) is 2.66. The molecule has 0 aliphatic carbocycles. The number of hydrogen-bond donors (Lipinski definition) is 0. The van der Waals surface area contributed by atoms with Gasteiger partial charge in [0.2, 0.25) is 0 Å². The predicted octanol–water partition coefficient (Wildman–Crippen LogP) is 1.88. The van der Waals surface area contributed by atoms with Gasteiger partial charge in [0.05, 0.1) is 7.11 Å². The van der Waals surface area contributed by atoms with Crippen LogP contribution < -0.4 is 0 Å².